The number of nitrogens with zero attached hydrogens (tertiary/aromatic N) is 3. The first kappa shape index (κ1) is 19.6. The van der Waals surface area contributed by atoms with Gasteiger partial charge in [0.2, 0.25) is 0 Å². The standard InChI is InChI=1S/C19H17N3O2S.CH2O2/c20-12-14-5-3-8-16(11-14)25(23,24)22-13-17(15-6-1-2-7-15)19-18(22)9-4-10-21-19;2-1-3/h3-5,8-11,13,15H,1-2,6-7H2;1H,(H,2,3). The van der Waals surface area contributed by atoms with E-state index in [1.165, 1.54) is 28.9 Å². The van der Waals surface area contributed by atoms with Gasteiger partial charge in [-0.1, -0.05) is 18.9 Å². The number of aromatic nitrogens is 2. The number of fused-ring (bicyclic) bond motifs is 1. The van der Waals surface area contributed by atoms with E-state index in [0.29, 0.717) is 17.0 Å². The van der Waals surface area contributed by atoms with Crippen LogP contribution >= 0.6 is 0 Å². The molecule has 4 rings (SSSR count). The number of nitriles is 1. The second kappa shape index (κ2) is 8.23. The monoisotopic (exact) mass is 397 g/mol. The smallest absolute Gasteiger partial charge is 0.290 e. The van der Waals surface area contributed by atoms with Crippen LogP contribution in [0.15, 0.2) is 53.7 Å². The van der Waals surface area contributed by atoms with E-state index in [0.717, 1.165) is 23.9 Å². The van der Waals surface area contributed by atoms with Crippen LogP contribution in [-0.4, -0.2) is 29.0 Å². The highest BCUT2D eigenvalue weighted by atomic mass is 32.2. The zero-order valence-electron chi connectivity index (χ0n) is 15.0. The molecule has 8 heteroatoms. The first-order valence-electron chi connectivity index (χ1n) is 8.82. The van der Waals surface area contributed by atoms with E-state index in [9.17, 15) is 8.42 Å². The van der Waals surface area contributed by atoms with Crippen LogP contribution < -0.4 is 0 Å². The first-order chi connectivity index (χ1) is 13.5. The summed E-state index contributed by atoms with van der Waals surface area (Å²) in [6.07, 6.45) is 7.90. The summed E-state index contributed by atoms with van der Waals surface area (Å²) in [5.41, 5.74) is 2.68. The molecule has 144 valence electrons. The summed E-state index contributed by atoms with van der Waals surface area (Å²) in [5, 5.41) is 15.9. The summed E-state index contributed by atoms with van der Waals surface area (Å²) < 4.78 is 27.7. The molecule has 28 heavy (non-hydrogen) atoms. The first-order valence-corrected chi connectivity index (χ1v) is 10.3. The van der Waals surface area contributed by atoms with Gasteiger partial charge in [0.25, 0.3) is 16.5 Å². The van der Waals surface area contributed by atoms with Crippen molar-refractivity contribution in [1.82, 2.24) is 8.96 Å². The predicted molar refractivity (Wildman–Crippen MR) is 103 cm³/mol. The third-order valence-corrected chi connectivity index (χ3v) is 6.54. The van der Waals surface area contributed by atoms with Gasteiger partial charge in [0.05, 0.1) is 27.6 Å². The Morgan fingerprint density at radius 3 is 2.61 bits per heavy atom. The Balaban J connectivity index is 0.000000706. The molecule has 0 amide bonds. The lowest BCUT2D eigenvalue weighted by Crippen LogP contribution is -2.12. The minimum Gasteiger partial charge on any atom is -0.483 e. The molecule has 1 aromatic carbocycles. The molecule has 0 bridgehead atoms. The van der Waals surface area contributed by atoms with Crippen LogP contribution in [0.1, 0.15) is 42.7 Å². The van der Waals surface area contributed by atoms with Crippen LogP contribution in [0.5, 0.6) is 0 Å². The Hall–Kier alpha value is -3.18. The van der Waals surface area contributed by atoms with Gasteiger partial charge >= 0.3 is 0 Å². The van der Waals surface area contributed by atoms with Crippen molar-refractivity contribution < 1.29 is 18.3 Å². The van der Waals surface area contributed by atoms with Crippen molar-refractivity contribution >= 4 is 27.5 Å². The lowest BCUT2D eigenvalue weighted by Gasteiger charge is -2.08. The Morgan fingerprint density at radius 1 is 1.21 bits per heavy atom. The zero-order valence-corrected chi connectivity index (χ0v) is 15.8. The maximum Gasteiger partial charge on any atom is 0.290 e. The molecule has 0 radical (unpaired) electrons. The summed E-state index contributed by atoms with van der Waals surface area (Å²) in [4.78, 5) is 12.9. The molecule has 0 aliphatic heterocycles. The highest BCUT2D eigenvalue weighted by Crippen LogP contribution is 2.38. The molecule has 0 atom stereocenters. The fraction of sp³-hybridized carbons (Fsp3) is 0.250. The summed E-state index contributed by atoms with van der Waals surface area (Å²) in [5.74, 6) is 0.360. The quantitative estimate of drug-likeness (QED) is 0.677. The highest BCUT2D eigenvalue weighted by Gasteiger charge is 2.26. The van der Waals surface area contributed by atoms with Gasteiger partial charge in [-0.25, -0.2) is 12.4 Å². The molecule has 1 N–H and O–H groups in total. The molecule has 2 heterocycles. The minimum absolute atomic E-state index is 0.116. The second-order valence-corrected chi connectivity index (χ2v) is 8.30. The van der Waals surface area contributed by atoms with Crippen LogP contribution in [0, 0.1) is 11.3 Å². The van der Waals surface area contributed by atoms with Gasteiger partial charge in [-0.15, -0.1) is 0 Å². The van der Waals surface area contributed by atoms with Crippen molar-refractivity contribution in [2.75, 3.05) is 0 Å². The molecule has 3 aromatic rings. The molecule has 2 aromatic heterocycles. The van der Waals surface area contributed by atoms with Gasteiger partial charge in [-0.2, -0.15) is 5.26 Å². The Morgan fingerprint density at radius 2 is 1.93 bits per heavy atom. The van der Waals surface area contributed by atoms with Gasteiger partial charge in [0, 0.05) is 18.0 Å². The molecule has 1 fully saturated rings. The molecule has 0 unspecified atom stereocenters. The van der Waals surface area contributed by atoms with E-state index >= 15 is 0 Å². The number of carbonyl (C=O) groups is 1. The Bertz CT molecular complexity index is 1140. The highest BCUT2D eigenvalue weighted by molar-refractivity contribution is 7.90. The van der Waals surface area contributed by atoms with E-state index in [2.05, 4.69) is 4.98 Å². The van der Waals surface area contributed by atoms with Gasteiger partial charge in [-0.3, -0.25) is 9.78 Å². The molecular weight excluding hydrogens is 378 g/mol. The minimum atomic E-state index is -3.78. The number of hydrogen-bond donors (Lipinski definition) is 1. The van der Waals surface area contributed by atoms with E-state index < -0.39 is 10.0 Å². The van der Waals surface area contributed by atoms with Crippen LogP contribution in [0.4, 0.5) is 0 Å². The topological polar surface area (TPSA) is 113 Å². The Labute approximate surface area is 162 Å². The molecule has 0 spiro atoms. The lowest BCUT2D eigenvalue weighted by atomic mass is 10.00. The maximum atomic E-state index is 13.2. The Kier molecular flexibility index (Phi) is 5.76. The molecule has 7 nitrogen and oxygen atoms in total. The number of rotatable bonds is 3. The SMILES string of the molecule is N#Cc1cccc(S(=O)(=O)n2cc(C3CCCC3)c3ncccc32)c1.O=CO. The summed E-state index contributed by atoms with van der Waals surface area (Å²) in [6.45, 7) is -0.250. The van der Waals surface area contributed by atoms with Gasteiger partial charge in [0.15, 0.2) is 0 Å². The van der Waals surface area contributed by atoms with Crippen molar-refractivity contribution in [2.24, 2.45) is 0 Å². The molecule has 1 aliphatic carbocycles. The predicted octanol–water partition coefficient (Wildman–Crippen LogP) is 3.50. The third-order valence-electron chi connectivity index (χ3n) is 4.87. The number of benzene rings is 1. The normalized spacial score (nSPS) is 14.2. The number of carboxylic acid groups (broad SMARTS) is 1. The van der Waals surface area contributed by atoms with E-state index in [1.807, 2.05) is 6.07 Å². The lowest BCUT2D eigenvalue weighted by molar-refractivity contribution is -0.122. The molecule has 0 saturated heterocycles. The van der Waals surface area contributed by atoms with Crippen molar-refractivity contribution in [2.45, 2.75) is 36.5 Å². The zero-order chi connectivity index (χ0) is 20.1. The summed E-state index contributed by atoms with van der Waals surface area (Å²) >= 11 is 0. The fourth-order valence-electron chi connectivity index (χ4n) is 3.63. The molecule has 1 aliphatic rings. The third kappa shape index (κ3) is 3.62. The number of hydrogen-bond acceptors (Lipinski definition) is 5. The maximum absolute atomic E-state index is 13.2. The van der Waals surface area contributed by atoms with Crippen molar-refractivity contribution in [3.8, 4) is 6.07 Å². The van der Waals surface area contributed by atoms with E-state index in [-0.39, 0.29) is 11.4 Å². The van der Waals surface area contributed by atoms with Crippen LogP contribution in [-0.2, 0) is 14.8 Å². The largest absolute Gasteiger partial charge is 0.483 e. The van der Waals surface area contributed by atoms with E-state index in [4.69, 9.17) is 15.2 Å². The molecule has 1 saturated carbocycles. The second-order valence-electron chi connectivity index (χ2n) is 6.48. The van der Waals surface area contributed by atoms with Gasteiger partial charge in [0.1, 0.15) is 0 Å². The molecular formula is C20H19N3O4S. The van der Waals surface area contributed by atoms with Crippen LogP contribution in [0.2, 0.25) is 0 Å². The summed E-state index contributed by atoms with van der Waals surface area (Å²) in [6, 6.07) is 11.6. The number of pyridine rings is 1. The van der Waals surface area contributed by atoms with Crippen molar-refractivity contribution in [3.05, 3.63) is 59.9 Å². The van der Waals surface area contributed by atoms with Crippen molar-refractivity contribution in [3.63, 3.8) is 0 Å². The van der Waals surface area contributed by atoms with Crippen LogP contribution in [0.25, 0.3) is 11.0 Å². The van der Waals surface area contributed by atoms with Crippen molar-refractivity contribution in [1.29, 1.82) is 5.26 Å². The van der Waals surface area contributed by atoms with Crippen LogP contribution in [0.3, 0.4) is 0 Å². The van der Waals surface area contributed by atoms with Gasteiger partial charge in [-0.05, 0) is 49.1 Å². The fourth-order valence-corrected chi connectivity index (χ4v) is 5.04. The van der Waals surface area contributed by atoms with E-state index in [1.54, 1.807) is 36.7 Å². The average Bonchev–Trinajstić information content (AvgIpc) is 3.36. The average molecular weight is 397 g/mol. The van der Waals surface area contributed by atoms with Gasteiger partial charge < -0.3 is 5.11 Å². The summed E-state index contributed by atoms with van der Waals surface area (Å²) in [7, 11) is -3.78.